The number of aromatic nitrogens is 1. The molecule has 39 heavy (non-hydrogen) atoms. The lowest BCUT2D eigenvalue weighted by Crippen LogP contribution is -2.40. The van der Waals surface area contributed by atoms with Gasteiger partial charge in [0.05, 0.1) is 48.8 Å². The molecule has 1 atom stereocenters. The van der Waals surface area contributed by atoms with E-state index in [4.69, 9.17) is 18.9 Å². The highest BCUT2D eigenvalue weighted by atomic mass is 32.1. The number of carbonyl (C=O) groups excluding carboxylic acids is 1. The molecule has 0 fully saturated rings. The Kier molecular flexibility index (Phi) is 8.91. The van der Waals surface area contributed by atoms with Crippen molar-refractivity contribution in [2.45, 2.75) is 52.7 Å². The first-order valence-electron chi connectivity index (χ1n) is 13.0. The number of benzene rings is 2. The topological polar surface area (TPSA) is 88.4 Å². The Morgan fingerprint density at radius 3 is 2.49 bits per heavy atom. The first kappa shape index (κ1) is 28.2. The summed E-state index contributed by atoms with van der Waals surface area (Å²) in [6, 6.07) is 12.2. The number of hydrogen-bond acceptors (Lipinski definition) is 8. The van der Waals surface area contributed by atoms with Crippen LogP contribution in [-0.4, -0.2) is 37.5 Å². The molecule has 2 heterocycles. The molecular formula is C30H34N2O6S. The van der Waals surface area contributed by atoms with E-state index in [1.54, 1.807) is 45.6 Å². The molecule has 1 aliphatic rings. The quantitative estimate of drug-likeness (QED) is 0.275. The second-order valence-corrected chi connectivity index (χ2v) is 10.4. The molecule has 206 valence electrons. The summed E-state index contributed by atoms with van der Waals surface area (Å²) in [5, 5.41) is 0. The summed E-state index contributed by atoms with van der Waals surface area (Å²) in [5.74, 6) is 1.44. The van der Waals surface area contributed by atoms with Gasteiger partial charge in [0.15, 0.2) is 16.3 Å². The van der Waals surface area contributed by atoms with Crippen LogP contribution in [0, 0.1) is 0 Å². The molecule has 0 amide bonds. The molecule has 0 aliphatic carbocycles. The molecule has 0 bridgehead atoms. The van der Waals surface area contributed by atoms with E-state index in [-0.39, 0.29) is 11.7 Å². The van der Waals surface area contributed by atoms with Gasteiger partial charge in [-0.15, -0.1) is 0 Å². The fourth-order valence-electron chi connectivity index (χ4n) is 4.33. The lowest BCUT2D eigenvalue weighted by atomic mass is 9.96. The highest BCUT2D eigenvalue weighted by Crippen LogP contribution is 2.32. The highest BCUT2D eigenvalue weighted by molar-refractivity contribution is 7.07. The van der Waals surface area contributed by atoms with Crippen molar-refractivity contribution in [3.63, 3.8) is 0 Å². The fourth-order valence-corrected chi connectivity index (χ4v) is 5.38. The van der Waals surface area contributed by atoms with Gasteiger partial charge in [-0.2, -0.15) is 0 Å². The number of carbonyl (C=O) groups is 1. The molecule has 0 saturated carbocycles. The first-order chi connectivity index (χ1) is 18.8. The first-order valence-corrected chi connectivity index (χ1v) is 13.8. The third-order valence-corrected chi connectivity index (χ3v) is 7.24. The predicted octanol–water partition coefficient (Wildman–Crippen LogP) is 4.38. The molecule has 0 saturated heterocycles. The van der Waals surface area contributed by atoms with Crippen LogP contribution < -0.4 is 29.1 Å². The Bertz CT molecular complexity index is 1550. The average molecular weight is 551 g/mol. The molecule has 9 heteroatoms. The summed E-state index contributed by atoms with van der Waals surface area (Å²) in [6.45, 7) is 8.07. The van der Waals surface area contributed by atoms with Crippen molar-refractivity contribution in [1.29, 1.82) is 0 Å². The van der Waals surface area contributed by atoms with Crippen LogP contribution in [0.5, 0.6) is 17.2 Å². The van der Waals surface area contributed by atoms with E-state index in [2.05, 4.69) is 11.9 Å². The third-order valence-electron chi connectivity index (χ3n) is 6.26. The van der Waals surface area contributed by atoms with Crippen LogP contribution in [0.25, 0.3) is 6.08 Å². The third kappa shape index (κ3) is 6.09. The largest absolute Gasteiger partial charge is 0.497 e. The summed E-state index contributed by atoms with van der Waals surface area (Å²) >= 11 is 1.27. The standard InChI is InChI=1S/C30H34N2O6S/c1-7-8-15-37-23-14-9-20(16-24(23)36-6)17-25-28(33)32-27(21-10-12-22(35-5)13-11-21)26(29(34)38-18(2)3)19(4)31-30(32)39-25/h9-14,16-18,27H,7-8,15H2,1-6H3/b25-17+/t27-/m0/s1. The van der Waals surface area contributed by atoms with Crippen LogP contribution >= 0.6 is 11.3 Å². The molecule has 1 aromatic heterocycles. The fraction of sp³-hybridized carbons (Fsp3) is 0.367. The van der Waals surface area contributed by atoms with Gasteiger partial charge in [0.1, 0.15) is 5.75 Å². The molecule has 8 nitrogen and oxygen atoms in total. The van der Waals surface area contributed by atoms with Gasteiger partial charge in [-0.25, -0.2) is 9.79 Å². The maximum Gasteiger partial charge on any atom is 0.338 e. The van der Waals surface area contributed by atoms with Crippen molar-refractivity contribution in [3.8, 4) is 17.2 Å². The Balaban J connectivity index is 1.83. The Hall–Kier alpha value is -3.85. The predicted molar refractivity (Wildman–Crippen MR) is 151 cm³/mol. The summed E-state index contributed by atoms with van der Waals surface area (Å²) in [6.07, 6.45) is 3.48. The second kappa shape index (κ2) is 12.3. The average Bonchev–Trinajstić information content (AvgIpc) is 3.22. The molecule has 2 aromatic carbocycles. The van der Waals surface area contributed by atoms with Crippen LogP contribution in [0.15, 0.2) is 63.5 Å². The van der Waals surface area contributed by atoms with E-state index in [1.165, 1.54) is 11.3 Å². The van der Waals surface area contributed by atoms with Crippen molar-refractivity contribution in [3.05, 3.63) is 84.5 Å². The van der Waals surface area contributed by atoms with E-state index < -0.39 is 12.0 Å². The zero-order valence-electron chi connectivity index (χ0n) is 23.1. The second-order valence-electron chi connectivity index (χ2n) is 9.42. The highest BCUT2D eigenvalue weighted by Gasteiger charge is 2.33. The van der Waals surface area contributed by atoms with Gasteiger partial charge in [0, 0.05) is 0 Å². The minimum absolute atomic E-state index is 0.246. The zero-order chi connectivity index (χ0) is 28.1. The van der Waals surface area contributed by atoms with Crippen molar-refractivity contribution in [2.24, 2.45) is 4.99 Å². The minimum atomic E-state index is -0.690. The summed E-state index contributed by atoms with van der Waals surface area (Å²) in [7, 11) is 3.18. The smallest absolute Gasteiger partial charge is 0.338 e. The Labute approximate surface area is 231 Å². The van der Waals surface area contributed by atoms with E-state index in [0.717, 1.165) is 24.0 Å². The van der Waals surface area contributed by atoms with E-state index in [9.17, 15) is 9.59 Å². The number of fused-ring (bicyclic) bond motifs is 1. The summed E-state index contributed by atoms with van der Waals surface area (Å²) in [4.78, 5) is 32.2. The molecule has 4 rings (SSSR count). The van der Waals surface area contributed by atoms with Crippen molar-refractivity contribution in [1.82, 2.24) is 4.57 Å². The monoisotopic (exact) mass is 550 g/mol. The maximum absolute atomic E-state index is 13.8. The number of nitrogens with zero attached hydrogens (tertiary/aromatic N) is 2. The zero-order valence-corrected chi connectivity index (χ0v) is 24.0. The number of thiazole rings is 1. The molecule has 0 spiro atoms. The van der Waals surface area contributed by atoms with E-state index in [0.29, 0.717) is 44.5 Å². The number of hydrogen-bond donors (Lipinski definition) is 0. The van der Waals surface area contributed by atoms with E-state index >= 15 is 0 Å². The lowest BCUT2D eigenvalue weighted by Gasteiger charge is -2.25. The van der Waals surface area contributed by atoms with Gasteiger partial charge >= 0.3 is 5.97 Å². The van der Waals surface area contributed by atoms with E-state index in [1.807, 2.05) is 42.5 Å². The number of rotatable bonds is 10. The summed E-state index contributed by atoms with van der Waals surface area (Å²) < 4.78 is 24.3. The lowest BCUT2D eigenvalue weighted by molar-refractivity contribution is -0.143. The maximum atomic E-state index is 13.8. The molecule has 1 aliphatic heterocycles. The van der Waals surface area contributed by atoms with Crippen molar-refractivity contribution in [2.75, 3.05) is 20.8 Å². The molecule has 0 unspecified atom stereocenters. The van der Waals surface area contributed by atoms with Gasteiger partial charge < -0.3 is 18.9 Å². The molecular weight excluding hydrogens is 516 g/mol. The normalized spacial score (nSPS) is 15.2. The van der Waals surface area contributed by atoms with Crippen LogP contribution in [-0.2, 0) is 9.53 Å². The van der Waals surface area contributed by atoms with Crippen LogP contribution in [0.1, 0.15) is 57.7 Å². The van der Waals surface area contributed by atoms with Gasteiger partial charge in [0.25, 0.3) is 5.56 Å². The molecule has 3 aromatic rings. The van der Waals surface area contributed by atoms with Crippen LogP contribution in [0.3, 0.4) is 0 Å². The van der Waals surface area contributed by atoms with Gasteiger partial charge in [-0.3, -0.25) is 9.36 Å². The van der Waals surface area contributed by atoms with Crippen LogP contribution in [0.4, 0.5) is 0 Å². The van der Waals surface area contributed by atoms with Gasteiger partial charge in [-0.1, -0.05) is 42.9 Å². The SMILES string of the molecule is CCCCOc1ccc(/C=c2/sc3n(c2=O)[C@@H](c2ccc(OC)cc2)C(C(=O)OC(C)C)=C(C)N=3)cc1OC. The molecule has 0 N–H and O–H groups in total. The van der Waals surface area contributed by atoms with Gasteiger partial charge in [-0.05, 0) is 68.7 Å². The summed E-state index contributed by atoms with van der Waals surface area (Å²) in [5.41, 5.74) is 2.15. The van der Waals surface area contributed by atoms with Crippen molar-refractivity contribution >= 4 is 23.4 Å². The van der Waals surface area contributed by atoms with Crippen LogP contribution in [0.2, 0.25) is 0 Å². The number of ether oxygens (including phenoxy) is 4. The number of esters is 1. The Morgan fingerprint density at radius 2 is 1.85 bits per heavy atom. The van der Waals surface area contributed by atoms with Gasteiger partial charge in [0.2, 0.25) is 0 Å². The van der Waals surface area contributed by atoms with Crippen molar-refractivity contribution < 1.29 is 23.7 Å². The number of methoxy groups -OCH3 is 2. The number of allylic oxidation sites excluding steroid dienone is 1. The minimum Gasteiger partial charge on any atom is -0.497 e. The Morgan fingerprint density at radius 1 is 1.10 bits per heavy atom. The number of unbranched alkanes of at least 4 members (excludes halogenated alkanes) is 1. The molecule has 0 radical (unpaired) electrons.